The van der Waals surface area contributed by atoms with Gasteiger partial charge in [0.1, 0.15) is 0 Å². The molecule has 4 rings (SSSR count). The predicted molar refractivity (Wildman–Crippen MR) is 208 cm³/mol. The summed E-state index contributed by atoms with van der Waals surface area (Å²) in [5, 5.41) is 10.2. The number of hydrogen-bond acceptors (Lipinski definition) is 3. The molecule has 0 spiro atoms. The van der Waals surface area contributed by atoms with Crippen molar-refractivity contribution in [2.24, 2.45) is 0 Å². The number of carbonyl (C=O) groups excluding carboxylic acids is 1. The summed E-state index contributed by atoms with van der Waals surface area (Å²) in [5.41, 5.74) is 4.57. The molecule has 0 atom stereocenters. The Labute approximate surface area is 318 Å². The maximum Gasteiger partial charge on any atom is 2.00 e. The van der Waals surface area contributed by atoms with Crippen LogP contribution in [-0.4, -0.2) is 41.2 Å². The third kappa shape index (κ3) is 15.1. The zero-order valence-corrected chi connectivity index (χ0v) is 32.0. The van der Waals surface area contributed by atoms with E-state index in [2.05, 4.69) is 97.6 Å². The van der Waals surface area contributed by atoms with Crippen LogP contribution in [0.2, 0.25) is 0 Å². The number of esters is 1. The third-order valence-corrected chi connectivity index (χ3v) is 7.10. The van der Waals surface area contributed by atoms with Gasteiger partial charge in [0.05, 0.1) is 18.3 Å². The van der Waals surface area contributed by atoms with Crippen molar-refractivity contribution in [3.05, 3.63) is 127 Å². The molecule has 0 heterocycles. The molecule has 0 amide bonds. The maximum absolute atomic E-state index is 11.7. The molecule has 4 aromatic rings. The van der Waals surface area contributed by atoms with Crippen molar-refractivity contribution in [3.63, 3.8) is 0 Å². The normalized spacial score (nSPS) is 9.26. The standard InChI is InChI=1S/C15H14Br2O.C14H10Br2O2.CH2Br.3CH4.CH3.Mg/c1-15(2,18)14-6-4-3-5-13(14)10-7-11(16)9-12(17)8-10;1-18-14(17)13-5-3-2-4-12(13)9-6-10(15)8-11(16)7-9;1-2;;;;;/h3-9,18H,1-2H3;2-8H,1H3;1H2;3*1H4;1H3;/q;;-1;;;;-1;+2. The Balaban J connectivity index is -0.000000301. The van der Waals surface area contributed by atoms with Gasteiger partial charge in [-0.3, -0.25) is 5.83 Å². The van der Waals surface area contributed by atoms with Gasteiger partial charge < -0.3 is 33.2 Å². The molecule has 1 N–H and O–H groups in total. The van der Waals surface area contributed by atoms with Crippen LogP contribution in [-0.2, 0) is 10.3 Å². The Kier molecular flexibility index (Phi) is 27.3. The average Bonchev–Trinajstić information content (AvgIpc) is 2.88. The summed E-state index contributed by atoms with van der Waals surface area (Å²) in [6.07, 6.45) is 0. The maximum atomic E-state index is 11.7. The molecule has 0 aliphatic heterocycles. The number of methoxy groups -OCH3 is 1. The van der Waals surface area contributed by atoms with E-state index in [1.165, 1.54) is 7.11 Å². The molecule has 4 aromatic carbocycles. The molecular weight excluding hydrogens is 880 g/mol. The molecule has 0 radical (unpaired) electrons. The fourth-order valence-electron chi connectivity index (χ4n) is 3.71. The molecule has 232 valence electrons. The Morgan fingerprint density at radius 2 is 1.05 bits per heavy atom. The Hall–Kier alpha value is -0.524. The summed E-state index contributed by atoms with van der Waals surface area (Å²) in [4.78, 5) is 11.7. The molecule has 0 aliphatic rings. The SMILES string of the molecule is C.C.C.CC(C)(O)c1ccccc1-c1cc(Br)cc(Br)c1.COC(=O)c1ccccc1-c1cc(Br)cc(Br)c1.[CH2-]Br.[CH3-].[Mg+2]. The number of rotatable bonds is 4. The summed E-state index contributed by atoms with van der Waals surface area (Å²) in [7, 11) is 1.38. The van der Waals surface area contributed by atoms with Crippen molar-refractivity contribution in [2.45, 2.75) is 41.7 Å². The minimum Gasteiger partial charge on any atom is -0.465 e. The Bertz CT molecular complexity index is 1350. The molecule has 0 saturated heterocycles. The zero-order valence-electron chi connectivity index (χ0n) is 22.7. The summed E-state index contributed by atoms with van der Waals surface area (Å²) in [6.45, 7) is 3.61. The van der Waals surface area contributed by atoms with E-state index < -0.39 is 5.60 Å². The topological polar surface area (TPSA) is 46.5 Å². The molecule has 43 heavy (non-hydrogen) atoms. The van der Waals surface area contributed by atoms with Crippen LogP contribution in [0.5, 0.6) is 0 Å². The van der Waals surface area contributed by atoms with Crippen molar-refractivity contribution in [1.29, 1.82) is 0 Å². The zero-order chi connectivity index (χ0) is 28.5. The van der Waals surface area contributed by atoms with Crippen molar-refractivity contribution < 1.29 is 14.6 Å². The number of carbonyl (C=O) groups is 1. The van der Waals surface area contributed by atoms with E-state index in [1.54, 1.807) is 19.9 Å². The van der Waals surface area contributed by atoms with Crippen LogP contribution in [0, 0.1) is 13.3 Å². The van der Waals surface area contributed by atoms with Crippen LogP contribution in [0.1, 0.15) is 52.0 Å². The van der Waals surface area contributed by atoms with Gasteiger partial charge in [-0.2, -0.15) is 0 Å². The van der Waals surface area contributed by atoms with Crippen LogP contribution in [0.25, 0.3) is 22.3 Å². The van der Waals surface area contributed by atoms with Gasteiger partial charge in [0.15, 0.2) is 0 Å². The van der Waals surface area contributed by atoms with Crippen molar-refractivity contribution in [2.75, 3.05) is 7.11 Å². The van der Waals surface area contributed by atoms with Gasteiger partial charge in [-0.05, 0) is 84.1 Å². The van der Waals surface area contributed by atoms with Gasteiger partial charge >= 0.3 is 29.0 Å². The quantitative estimate of drug-likeness (QED) is 0.126. The largest absolute Gasteiger partial charge is 2.00 e. The summed E-state index contributed by atoms with van der Waals surface area (Å²) >= 11 is 16.6. The first-order valence-corrected chi connectivity index (χ1v) is 15.5. The summed E-state index contributed by atoms with van der Waals surface area (Å²) in [5.74, 6) is 2.73. The van der Waals surface area contributed by atoms with Gasteiger partial charge in [0.2, 0.25) is 0 Å². The first-order valence-electron chi connectivity index (χ1n) is 11.2. The average molecular weight is 922 g/mol. The molecular formula is C34H41Br5MgO3. The molecule has 0 aliphatic carbocycles. The van der Waals surface area contributed by atoms with Crippen LogP contribution in [0.15, 0.2) is 103 Å². The summed E-state index contributed by atoms with van der Waals surface area (Å²) in [6, 6.07) is 27.3. The number of ether oxygens (including phenoxy) is 1. The number of halogens is 5. The van der Waals surface area contributed by atoms with Gasteiger partial charge in [0, 0.05) is 17.9 Å². The van der Waals surface area contributed by atoms with Gasteiger partial charge in [-0.15, -0.1) is 0 Å². The van der Waals surface area contributed by atoms with Crippen LogP contribution in [0.3, 0.4) is 0 Å². The van der Waals surface area contributed by atoms with Gasteiger partial charge in [0.25, 0.3) is 0 Å². The van der Waals surface area contributed by atoms with E-state index in [0.29, 0.717) is 5.56 Å². The van der Waals surface area contributed by atoms with E-state index in [-0.39, 0.29) is 58.7 Å². The molecule has 9 heteroatoms. The molecule has 0 saturated carbocycles. The first-order chi connectivity index (χ1) is 18.0. The minimum atomic E-state index is -0.856. The van der Waals surface area contributed by atoms with E-state index >= 15 is 0 Å². The van der Waals surface area contributed by atoms with Crippen molar-refractivity contribution in [3.8, 4) is 22.3 Å². The molecule has 0 fully saturated rings. The number of benzene rings is 4. The van der Waals surface area contributed by atoms with E-state index in [9.17, 15) is 9.90 Å². The van der Waals surface area contributed by atoms with Crippen LogP contribution in [0.4, 0.5) is 0 Å². The molecule has 0 bridgehead atoms. The van der Waals surface area contributed by atoms with Gasteiger partial charge in [-0.25, -0.2) is 4.79 Å². The molecule has 0 aromatic heterocycles. The first kappa shape index (κ1) is 49.4. The van der Waals surface area contributed by atoms with Gasteiger partial charge in [-0.1, -0.05) is 128 Å². The second-order valence-electron chi connectivity index (χ2n) is 8.46. The minimum absolute atomic E-state index is 0. The smallest absolute Gasteiger partial charge is 0.465 e. The Morgan fingerprint density at radius 3 is 1.44 bits per heavy atom. The summed E-state index contributed by atoms with van der Waals surface area (Å²) < 4.78 is 8.72. The Morgan fingerprint density at radius 1 is 0.698 bits per heavy atom. The van der Waals surface area contributed by atoms with E-state index in [1.807, 2.05) is 66.7 Å². The number of aliphatic hydroxyl groups is 1. The van der Waals surface area contributed by atoms with E-state index in [4.69, 9.17) is 4.74 Å². The number of hydrogen-bond donors (Lipinski definition) is 1. The van der Waals surface area contributed by atoms with Crippen LogP contribution >= 0.6 is 79.6 Å². The molecule has 0 unspecified atom stereocenters. The second kappa shape index (κ2) is 23.8. The van der Waals surface area contributed by atoms with Crippen molar-refractivity contribution >= 4 is 109 Å². The van der Waals surface area contributed by atoms with Crippen LogP contribution < -0.4 is 0 Å². The predicted octanol–water partition coefficient (Wildman–Crippen LogP) is 12.9. The monoisotopic (exact) mass is 916 g/mol. The fraction of sp³-hybridized carbons (Fsp3) is 0.206. The fourth-order valence-corrected chi connectivity index (χ4v) is 6.30. The molecule has 3 nitrogen and oxygen atoms in total. The van der Waals surface area contributed by atoms with Crippen molar-refractivity contribution in [1.82, 2.24) is 0 Å². The third-order valence-electron chi connectivity index (χ3n) is 5.27. The van der Waals surface area contributed by atoms with E-state index in [0.717, 1.165) is 45.7 Å². The second-order valence-corrected chi connectivity index (χ2v) is 12.1.